The van der Waals surface area contributed by atoms with Crippen molar-refractivity contribution in [1.82, 2.24) is 10.0 Å². The predicted octanol–water partition coefficient (Wildman–Crippen LogP) is 3.42. The Morgan fingerprint density at radius 3 is 2.74 bits per heavy atom. The zero-order valence-electron chi connectivity index (χ0n) is 18.7. The first-order chi connectivity index (χ1) is 16.3. The number of nitrogens with one attached hydrogen (secondary N) is 2. The molecule has 9 heteroatoms. The number of carbonyl (C=O) groups excluding carboxylic acids is 2. The number of benzene rings is 2. The van der Waals surface area contributed by atoms with E-state index in [9.17, 15) is 18.0 Å². The van der Waals surface area contributed by atoms with E-state index in [4.69, 9.17) is 9.15 Å². The van der Waals surface area contributed by atoms with Crippen LogP contribution < -0.4 is 10.0 Å². The van der Waals surface area contributed by atoms with E-state index in [0.29, 0.717) is 11.3 Å². The summed E-state index contributed by atoms with van der Waals surface area (Å²) in [7, 11) is -3.89. The van der Waals surface area contributed by atoms with Crippen LogP contribution in [0, 0.1) is 6.92 Å². The number of hydrogen-bond acceptors (Lipinski definition) is 6. The molecular weight excluding hydrogens is 456 g/mol. The minimum absolute atomic E-state index is 0.0204. The summed E-state index contributed by atoms with van der Waals surface area (Å²) in [5, 5.41) is 2.93. The third-order valence-corrected chi connectivity index (χ3v) is 7.19. The summed E-state index contributed by atoms with van der Waals surface area (Å²) in [6, 6.07) is 15.3. The minimum atomic E-state index is -3.89. The highest BCUT2D eigenvalue weighted by Gasteiger charge is 2.23. The van der Waals surface area contributed by atoms with E-state index in [2.05, 4.69) is 16.1 Å². The Balaban J connectivity index is 1.38. The molecule has 0 bridgehead atoms. The molecule has 178 valence electrons. The van der Waals surface area contributed by atoms with Crippen LogP contribution in [-0.4, -0.2) is 26.9 Å². The van der Waals surface area contributed by atoms with Gasteiger partial charge in [0.1, 0.15) is 5.76 Å². The Labute approximate surface area is 198 Å². The lowest BCUT2D eigenvalue weighted by molar-refractivity contribution is -0.125. The predicted molar refractivity (Wildman–Crippen MR) is 124 cm³/mol. The summed E-state index contributed by atoms with van der Waals surface area (Å²) in [5.74, 6) is -0.710. The highest BCUT2D eigenvalue weighted by Crippen LogP contribution is 2.29. The highest BCUT2D eigenvalue weighted by atomic mass is 32.2. The molecule has 1 heterocycles. The molecule has 0 aliphatic heterocycles. The molecule has 0 saturated carbocycles. The fourth-order valence-corrected chi connectivity index (χ4v) is 5.02. The first-order valence-electron chi connectivity index (χ1n) is 11.0. The fourth-order valence-electron chi connectivity index (χ4n) is 4.00. The van der Waals surface area contributed by atoms with Gasteiger partial charge >= 0.3 is 5.97 Å². The van der Waals surface area contributed by atoms with Crippen molar-refractivity contribution in [1.29, 1.82) is 0 Å². The smallest absolute Gasteiger partial charge is 0.338 e. The van der Waals surface area contributed by atoms with Gasteiger partial charge in [-0.25, -0.2) is 17.9 Å². The van der Waals surface area contributed by atoms with E-state index in [1.54, 1.807) is 19.1 Å². The van der Waals surface area contributed by atoms with E-state index in [-0.39, 0.29) is 23.0 Å². The number of amides is 1. The standard InChI is InChI=1S/C25H26N2O6S/c1-17-11-12-20(34(30,31)26-15-19-8-5-13-32-19)14-22(17)25(29)33-16-24(28)27-23-10-4-7-18-6-2-3-9-21(18)23/h2-3,5-6,8-9,11-14,23,26H,4,7,10,15-16H2,1H3,(H,27,28). The molecule has 0 radical (unpaired) electrons. The fraction of sp³-hybridized carbons (Fsp3) is 0.280. The molecule has 3 aromatic rings. The van der Waals surface area contributed by atoms with Gasteiger partial charge in [0.05, 0.1) is 29.3 Å². The maximum absolute atomic E-state index is 12.7. The summed E-state index contributed by atoms with van der Waals surface area (Å²) in [6.45, 7) is 1.19. The van der Waals surface area contributed by atoms with Gasteiger partial charge in [0, 0.05) is 0 Å². The maximum atomic E-state index is 12.7. The van der Waals surface area contributed by atoms with Crippen LogP contribution in [-0.2, 0) is 32.5 Å². The van der Waals surface area contributed by atoms with Gasteiger partial charge in [0.25, 0.3) is 5.91 Å². The number of hydrogen-bond donors (Lipinski definition) is 2. The molecule has 0 spiro atoms. The Hall–Kier alpha value is -3.43. The second kappa shape index (κ2) is 10.2. The van der Waals surface area contributed by atoms with Gasteiger partial charge in [-0.15, -0.1) is 0 Å². The number of carbonyl (C=O) groups is 2. The molecule has 2 aromatic carbocycles. The molecule has 0 fully saturated rings. The number of furan rings is 1. The van der Waals surface area contributed by atoms with Crippen molar-refractivity contribution in [2.75, 3.05) is 6.61 Å². The third-order valence-electron chi connectivity index (χ3n) is 5.79. The zero-order chi connectivity index (χ0) is 24.1. The summed E-state index contributed by atoms with van der Waals surface area (Å²) in [4.78, 5) is 25.0. The molecule has 4 rings (SSSR count). The van der Waals surface area contributed by atoms with Crippen LogP contribution in [0.15, 0.2) is 70.2 Å². The number of rotatable bonds is 8. The van der Waals surface area contributed by atoms with Crippen molar-refractivity contribution in [2.45, 2.75) is 43.7 Å². The average Bonchev–Trinajstić information content (AvgIpc) is 3.36. The van der Waals surface area contributed by atoms with Crippen LogP contribution in [0.25, 0.3) is 0 Å². The minimum Gasteiger partial charge on any atom is -0.468 e. The molecule has 1 aliphatic carbocycles. The van der Waals surface area contributed by atoms with Gasteiger partial charge in [-0.05, 0) is 67.1 Å². The lowest BCUT2D eigenvalue weighted by Crippen LogP contribution is -2.34. The SMILES string of the molecule is Cc1ccc(S(=O)(=O)NCc2ccco2)cc1C(=O)OCC(=O)NC1CCCc2ccccc21. The molecular formula is C25H26N2O6S. The average molecular weight is 483 g/mol. The number of fused-ring (bicyclic) bond motifs is 1. The molecule has 8 nitrogen and oxygen atoms in total. The van der Waals surface area contributed by atoms with Crippen LogP contribution in [0.4, 0.5) is 0 Å². The Morgan fingerprint density at radius 1 is 1.12 bits per heavy atom. The Morgan fingerprint density at radius 2 is 1.94 bits per heavy atom. The molecule has 1 amide bonds. The van der Waals surface area contributed by atoms with Gasteiger partial charge in [-0.3, -0.25) is 4.79 Å². The third kappa shape index (κ3) is 5.55. The van der Waals surface area contributed by atoms with Crippen LogP contribution in [0.3, 0.4) is 0 Å². The highest BCUT2D eigenvalue weighted by molar-refractivity contribution is 7.89. The molecule has 1 aromatic heterocycles. The molecule has 1 aliphatic rings. The summed E-state index contributed by atoms with van der Waals surface area (Å²) >= 11 is 0. The summed E-state index contributed by atoms with van der Waals surface area (Å²) < 4.78 is 38.0. The molecule has 0 saturated heterocycles. The van der Waals surface area contributed by atoms with Crippen LogP contribution in [0.2, 0.25) is 0 Å². The van der Waals surface area contributed by atoms with Gasteiger partial charge in [-0.2, -0.15) is 0 Å². The van der Waals surface area contributed by atoms with Crippen molar-refractivity contribution in [3.8, 4) is 0 Å². The molecule has 2 N–H and O–H groups in total. The van der Waals surface area contributed by atoms with Crippen molar-refractivity contribution in [3.63, 3.8) is 0 Å². The van der Waals surface area contributed by atoms with Crippen molar-refractivity contribution >= 4 is 21.9 Å². The van der Waals surface area contributed by atoms with Crippen LogP contribution in [0.1, 0.15) is 51.7 Å². The maximum Gasteiger partial charge on any atom is 0.338 e. The molecule has 1 unspecified atom stereocenters. The number of aryl methyl sites for hydroxylation is 2. The first kappa shape index (κ1) is 23.7. The number of sulfonamides is 1. The quantitative estimate of drug-likeness (QED) is 0.476. The van der Waals surface area contributed by atoms with Gasteiger partial charge < -0.3 is 14.5 Å². The lowest BCUT2D eigenvalue weighted by Gasteiger charge is -2.26. The number of esters is 1. The topological polar surface area (TPSA) is 115 Å². The van der Waals surface area contributed by atoms with E-state index >= 15 is 0 Å². The lowest BCUT2D eigenvalue weighted by atomic mass is 9.88. The second-order valence-corrected chi connectivity index (χ2v) is 9.93. The van der Waals surface area contributed by atoms with Gasteiger partial charge in [0.15, 0.2) is 6.61 Å². The normalized spacial score (nSPS) is 15.4. The Kier molecular flexibility index (Phi) is 7.14. The van der Waals surface area contributed by atoms with Crippen molar-refractivity contribution in [2.24, 2.45) is 0 Å². The monoisotopic (exact) mass is 482 g/mol. The van der Waals surface area contributed by atoms with Gasteiger partial charge in [-0.1, -0.05) is 30.3 Å². The summed E-state index contributed by atoms with van der Waals surface area (Å²) in [6.07, 6.45) is 4.22. The largest absolute Gasteiger partial charge is 0.468 e. The van der Waals surface area contributed by atoms with E-state index in [0.717, 1.165) is 24.8 Å². The van der Waals surface area contributed by atoms with Gasteiger partial charge in [0.2, 0.25) is 10.0 Å². The summed E-state index contributed by atoms with van der Waals surface area (Å²) in [5.41, 5.74) is 2.92. The van der Waals surface area contributed by atoms with E-state index < -0.39 is 28.5 Å². The first-order valence-corrected chi connectivity index (χ1v) is 12.5. The van der Waals surface area contributed by atoms with E-state index in [1.165, 1.54) is 30.0 Å². The Bertz CT molecular complexity index is 1280. The number of ether oxygens (including phenoxy) is 1. The molecule has 1 atom stereocenters. The van der Waals surface area contributed by atoms with Crippen molar-refractivity contribution in [3.05, 3.63) is 88.9 Å². The van der Waals surface area contributed by atoms with Crippen LogP contribution >= 0.6 is 0 Å². The molecule has 34 heavy (non-hydrogen) atoms. The zero-order valence-corrected chi connectivity index (χ0v) is 19.6. The van der Waals surface area contributed by atoms with Crippen LogP contribution in [0.5, 0.6) is 0 Å². The second-order valence-electron chi connectivity index (χ2n) is 8.17. The van der Waals surface area contributed by atoms with E-state index in [1.807, 2.05) is 18.2 Å². The van der Waals surface area contributed by atoms with Crippen molar-refractivity contribution < 1.29 is 27.2 Å².